The van der Waals surface area contributed by atoms with Gasteiger partial charge in [-0.25, -0.2) is 0 Å². The highest BCUT2D eigenvalue weighted by molar-refractivity contribution is 7.09. The van der Waals surface area contributed by atoms with Crippen molar-refractivity contribution in [2.75, 3.05) is 13.1 Å². The van der Waals surface area contributed by atoms with Crippen molar-refractivity contribution in [3.05, 3.63) is 22.4 Å². The maximum Gasteiger partial charge on any atom is 0.00485 e. The first-order valence-corrected chi connectivity index (χ1v) is 8.36. The predicted octanol–water partition coefficient (Wildman–Crippen LogP) is 4.34. The average Bonchev–Trinajstić information content (AvgIpc) is 3.00. The lowest BCUT2D eigenvalue weighted by molar-refractivity contribution is 0.317. The van der Waals surface area contributed by atoms with Crippen LogP contribution in [-0.2, 0) is 6.42 Å². The maximum atomic E-state index is 3.68. The van der Waals surface area contributed by atoms with Crippen LogP contribution in [0.2, 0.25) is 0 Å². The molecule has 2 rings (SSSR count). The van der Waals surface area contributed by atoms with Gasteiger partial charge in [0, 0.05) is 4.88 Å². The van der Waals surface area contributed by atoms with Crippen LogP contribution < -0.4 is 5.32 Å². The molecule has 0 bridgehead atoms. The molecule has 0 spiro atoms. The quantitative estimate of drug-likeness (QED) is 0.773. The van der Waals surface area contributed by atoms with Gasteiger partial charge in [-0.15, -0.1) is 11.3 Å². The van der Waals surface area contributed by atoms with Gasteiger partial charge in [-0.3, -0.25) is 0 Å². The molecule has 1 N–H and O–H groups in total. The molecule has 18 heavy (non-hydrogen) atoms. The monoisotopic (exact) mass is 265 g/mol. The molecule has 1 fully saturated rings. The van der Waals surface area contributed by atoms with E-state index >= 15 is 0 Å². The Morgan fingerprint density at radius 3 is 2.67 bits per heavy atom. The van der Waals surface area contributed by atoms with Crippen molar-refractivity contribution in [2.24, 2.45) is 17.8 Å². The Hall–Kier alpha value is -0.340. The minimum Gasteiger partial charge on any atom is -0.316 e. The predicted molar refractivity (Wildman–Crippen MR) is 81.2 cm³/mol. The van der Waals surface area contributed by atoms with Crippen molar-refractivity contribution < 1.29 is 0 Å². The number of rotatable bonds is 7. The molecule has 1 aromatic heterocycles. The summed E-state index contributed by atoms with van der Waals surface area (Å²) in [6.07, 6.45) is 7.11. The minimum absolute atomic E-state index is 0.760. The van der Waals surface area contributed by atoms with Crippen LogP contribution in [0.5, 0.6) is 0 Å². The standard InChI is InChI=1S/C16H27NS/c1-13(2)11-17-12-15(14-6-3-4-7-14)10-16-8-5-9-18-16/h5,8-9,13-15,17H,3-4,6-7,10-12H2,1-2H3. The summed E-state index contributed by atoms with van der Waals surface area (Å²) in [5.41, 5.74) is 0. The molecule has 0 amide bonds. The zero-order valence-electron chi connectivity index (χ0n) is 11.8. The average molecular weight is 265 g/mol. The van der Waals surface area contributed by atoms with Gasteiger partial charge in [0.1, 0.15) is 0 Å². The van der Waals surface area contributed by atoms with Crippen molar-refractivity contribution in [3.63, 3.8) is 0 Å². The molecule has 1 aromatic rings. The summed E-state index contributed by atoms with van der Waals surface area (Å²) < 4.78 is 0. The van der Waals surface area contributed by atoms with Crippen LogP contribution in [-0.4, -0.2) is 13.1 Å². The second-order valence-electron chi connectivity index (χ2n) is 6.14. The molecule has 102 valence electrons. The Morgan fingerprint density at radius 1 is 1.28 bits per heavy atom. The summed E-state index contributed by atoms with van der Waals surface area (Å²) in [7, 11) is 0. The minimum atomic E-state index is 0.760. The van der Waals surface area contributed by atoms with Gasteiger partial charge in [-0.1, -0.05) is 45.6 Å². The molecule has 0 saturated heterocycles. The van der Waals surface area contributed by atoms with Crippen LogP contribution in [0.4, 0.5) is 0 Å². The Labute approximate surface area is 116 Å². The molecule has 0 radical (unpaired) electrons. The van der Waals surface area contributed by atoms with Crippen molar-refractivity contribution >= 4 is 11.3 Å². The van der Waals surface area contributed by atoms with Crippen LogP contribution in [0.3, 0.4) is 0 Å². The van der Waals surface area contributed by atoms with Gasteiger partial charge in [0.2, 0.25) is 0 Å². The molecule has 1 aliphatic rings. The summed E-state index contributed by atoms with van der Waals surface area (Å²) in [4.78, 5) is 1.57. The van der Waals surface area contributed by atoms with Crippen LogP contribution in [0.25, 0.3) is 0 Å². The molecule has 1 heterocycles. The molecular formula is C16H27NS. The normalized spacial score (nSPS) is 18.6. The van der Waals surface area contributed by atoms with Gasteiger partial charge in [0.05, 0.1) is 0 Å². The molecule has 1 atom stereocenters. The topological polar surface area (TPSA) is 12.0 Å². The van der Waals surface area contributed by atoms with Gasteiger partial charge in [0.25, 0.3) is 0 Å². The third-order valence-corrected chi connectivity index (χ3v) is 4.97. The van der Waals surface area contributed by atoms with E-state index in [-0.39, 0.29) is 0 Å². The summed E-state index contributed by atoms with van der Waals surface area (Å²) in [6, 6.07) is 4.49. The van der Waals surface area contributed by atoms with E-state index in [2.05, 4.69) is 36.7 Å². The fraction of sp³-hybridized carbons (Fsp3) is 0.750. The largest absolute Gasteiger partial charge is 0.316 e. The Kier molecular flexibility index (Phi) is 5.71. The Morgan fingerprint density at radius 2 is 2.06 bits per heavy atom. The Balaban J connectivity index is 1.85. The highest BCUT2D eigenvalue weighted by Gasteiger charge is 2.25. The molecule has 0 aromatic carbocycles. The lowest BCUT2D eigenvalue weighted by Crippen LogP contribution is -2.31. The lowest BCUT2D eigenvalue weighted by atomic mass is 9.87. The zero-order chi connectivity index (χ0) is 12.8. The number of hydrogen-bond acceptors (Lipinski definition) is 2. The fourth-order valence-corrected chi connectivity index (χ4v) is 3.88. The van der Waals surface area contributed by atoms with E-state index in [4.69, 9.17) is 0 Å². The maximum absolute atomic E-state index is 3.68. The SMILES string of the molecule is CC(C)CNCC(Cc1cccs1)C1CCCC1. The van der Waals surface area contributed by atoms with Crippen LogP contribution >= 0.6 is 11.3 Å². The van der Waals surface area contributed by atoms with E-state index in [0.29, 0.717) is 0 Å². The zero-order valence-corrected chi connectivity index (χ0v) is 12.6. The summed E-state index contributed by atoms with van der Waals surface area (Å²) in [5.74, 6) is 2.58. The van der Waals surface area contributed by atoms with Crippen molar-refractivity contribution in [2.45, 2.75) is 46.0 Å². The van der Waals surface area contributed by atoms with E-state index in [1.807, 2.05) is 11.3 Å². The molecule has 1 nitrogen and oxygen atoms in total. The van der Waals surface area contributed by atoms with E-state index in [1.54, 1.807) is 4.88 Å². The van der Waals surface area contributed by atoms with Crippen LogP contribution in [0.15, 0.2) is 17.5 Å². The fourth-order valence-electron chi connectivity index (χ4n) is 3.08. The third kappa shape index (κ3) is 4.40. The van der Waals surface area contributed by atoms with Gasteiger partial charge in [-0.05, 0) is 48.7 Å². The van der Waals surface area contributed by atoms with Crippen molar-refractivity contribution in [1.29, 1.82) is 0 Å². The molecule has 1 saturated carbocycles. The molecule has 0 aliphatic heterocycles. The summed E-state index contributed by atoms with van der Waals surface area (Å²) >= 11 is 1.92. The second kappa shape index (κ2) is 7.30. The number of nitrogens with one attached hydrogen (secondary N) is 1. The van der Waals surface area contributed by atoms with E-state index in [9.17, 15) is 0 Å². The highest BCUT2D eigenvalue weighted by Crippen LogP contribution is 2.33. The first-order chi connectivity index (χ1) is 8.75. The van der Waals surface area contributed by atoms with Gasteiger partial charge < -0.3 is 5.32 Å². The number of hydrogen-bond donors (Lipinski definition) is 1. The van der Waals surface area contributed by atoms with E-state index < -0.39 is 0 Å². The molecule has 1 aliphatic carbocycles. The van der Waals surface area contributed by atoms with Gasteiger partial charge in [0.15, 0.2) is 0 Å². The Bertz CT molecular complexity index is 312. The van der Waals surface area contributed by atoms with Gasteiger partial charge >= 0.3 is 0 Å². The van der Waals surface area contributed by atoms with Crippen molar-refractivity contribution in [3.8, 4) is 0 Å². The molecular weight excluding hydrogens is 238 g/mol. The lowest BCUT2D eigenvalue weighted by Gasteiger charge is -2.24. The van der Waals surface area contributed by atoms with E-state index in [1.165, 1.54) is 38.6 Å². The van der Waals surface area contributed by atoms with Crippen molar-refractivity contribution in [1.82, 2.24) is 5.32 Å². The summed E-state index contributed by atoms with van der Waals surface area (Å²) in [6.45, 7) is 6.95. The van der Waals surface area contributed by atoms with Crippen LogP contribution in [0.1, 0.15) is 44.4 Å². The molecule has 2 heteroatoms. The first-order valence-electron chi connectivity index (χ1n) is 7.49. The van der Waals surface area contributed by atoms with E-state index in [0.717, 1.165) is 24.3 Å². The first kappa shape index (κ1) is 14.1. The van der Waals surface area contributed by atoms with Crippen LogP contribution in [0, 0.1) is 17.8 Å². The molecule has 1 unspecified atom stereocenters. The van der Waals surface area contributed by atoms with Gasteiger partial charge in [-0.2, -0.15) is 0 Å². The second-order valence-corrected chi connectivity index (χ2v) is 7.17. The number of thiophene rings is 1. The smallest absolute Gasteiger partial charge is 0.00485 e. The summed E-state index contributed by atoms with van der Waals surface area (Å²) in [5, 5.41) is 5.89. The third-order valence-electron chi connectivity index (χ3n) is 4.07. The highest BCUT2D eigenvalue weighted by atomic mass is 32.1.